The first-order chi connectivity index (χ1) is 16.3. The maximum Gasteiger partial charge on any atom is 0.326 e. The lowest BCUT2D eigenvalue weighted by atomic mass is 10.0. The molecule has 174 valence electrons. The van der Waals surface area contributed by atoms with Gasteiger partial charge in [0.15, 0.2) is 0 Å². The number of likely N-dealkylation sites (tertiary alicyclic amines) is 1. The van der Waals surface area contributed by atoms with Gasteiger partial charge in [-0.3, -0.25) is 4.79 Å². The van der Waals surface area contributed by atoms with Crippen LogP contribution < -0.4 is 10.6 Å². The predicted molar refractivity (Wildman–Crippen MR) is 133 cm³/mol. The first-order valence-electron chi connectivity index (χ1n) is 10.6. The molecule has 4 rings (SSSR count). The molecule has 1 fully saturated rings. The summed E-state index contributed by atoms with van der Waals surface area (Å²) in [5.74, 6) is -1.25. The Hall–Kier alpha value is -3.55. The van der Waals surface area contributed by atoms with Crippen molar-refractivity contribution in [1.29, 1.82) is 0 Å². The Morgan fingerprint density at radius 1 is 0.824 bits per heavy atom. The fourth-order valence-electron chi connectivity index (χ4n) is 3.90. The molecule has 3 aromatic carbocycles. The predicted octanol–water partition coefficient (Wildman–Crippen LogP) is 5.99. The van der Waals surface area contributed by atoms with Gasteiger partial charge in [0.25, 0.3) is 5.91 Å². The van der Waals surface area contributed by atoms with Gasteiger partial charge in [0.1, 0.15) is 6.04 Å². The van der Waals surface area contributed by atoms with Crippen molar-refractivity contribution in [3.8, 4) is 11.1 Å². The highest BCUT2D eigenvalue weighted by molar-refractivity contribution is 6.35. The molecule has 0 saturated carbocycles. The van der Waals surface area contributed by atoms with Crippen LogP contribution in [0.5, 0.6) is 0 Å². The number of amides is 3. The number of urea groups is 1. The summed E-state index contributed by atoms with van der Waals surface area (Å²) in [6, 6.07) is 17.8. The summed E-state index contributed by atoms with van der Waals surface area (Å²) in [5, 5.41) is 15.6. The van der Waals surface area contributed by atoms with E-state index in [2.05, 4.69) is 10.6 Å². The molecule has 7 nitrogen and oxygen atoms in total. The Labute approximate surface area is 206 Å². The van der Waals surface area contributed by atoms with E-state index in [1.165, 1.54) is 4.90 Å². The van der Waals surface area contributed by atoms with E-state index in [1.807, 2.05) is 24.3 Å². The maximum absolute atomic E-state index is 12.7. The lowest BCUT2D eigenvalue weighted by Gasteiger charge is -2.21. The van der Waals surface area contributed by atoms with Gasteiger partial charge in [-0.25, -0.2) is 9.59 Å². The van der Waals surface area contributed by atoms with Crippen molar-refractivity contribution in [2.45, 2.75) is 18.9 Å². The molecule has 0 unspecified atom stereocenters. The Morgan fingerprint density at radius 3 is 1.97 bits per heavy atom. The van der Waals surface area contributed by atoms with Crippen LogP contribution in [-0.2, 0) is 4.79 Å². The van der Waals surface area contributed by atoms with Crippen LogP contribution in [0.1, 0.15) is 23.2 Å². The number of benzene rings is 3. The van der Waals surface area contributed by atoms with Crippen molar-refractivity contribution >= 4 is 52.5 Å². The number of hydrogen-bond acceptors (Lipinski definition) is 3. The van der Waals surface area contributed by atoms with Crippen LogP contribution in [0.25, 0.3) is 11.1 Å². The highest BCUT2D eigenvalue weighted by Crippen LogP contribution is 2.25. The van der Waals surface area contributed by atoms with E-state index in [1.54, 1.807) is 42.5 Å². The fraction of sp³-hybridized carbons (Fsp3) is 0.160. The number of aliphatic carboxylic acids is 1. The SMILES string of the molecule is O=C(Nc1ccc(-c2ccc(C(=O)N3CCC[C@@H]3C(=O)O)cc2)cc1)Nc1cc(Cl)cc(Cl)c1. The van der Waals surface area contributed by atoms with Gasteiger partial charge < -0.3 is 20.6 Å². The Balaban J connectivity index is 1.39. The zero-order valence-corrected chi connectivity index (χ0v) is 19.4. The summed E-state index contributed by atoms with van der Waals surface area (Å²) in [6.07, 6.45) is 1.16. The van der Waals surface area contributed by atoms with Crippen LogP contribution in [0.3, 0.4) is 0 Å². The molecule has 9 heteroatoms. The standard InChI is InChI=1S/C25H21Cl2N3O4/c26-18-12-19(27)14-21(13-18)29-25(34)28-20-9-7-16(8-10-20)15-3-5-17(6-4-15)23(31)30-11-1-2-22(30)24(32)33/h3-10,12-14,22H,1-2,11H2,(H,32,33)(H2,28,29,34)/t22-/m1/s1. The number of rotatable bonds is 5. The highest BCUT2D eigenvalue weighted by Gasteiger charge is 2.34. The summed E-state index contributed by atoms with van der Waals surface area (Å²) in [7, 11) is 0. The van der Waals surface area contributed by atoms with Crippen molar-refractivity contribution in [1.82, 2.24) is 4.90 Å². The lowest BCUT2D eigenvalue weighted by Crippen LogP contribution is -2.40. The molecule has 3 N–H and O–H groups in total. The van der Waals surface area contributed by atoms with E-state index < -0.39 is 18.0 Å². The number of hydrogen-bond donors (Lipinski definition) is 3. The summed E-state index contributed by atoms with van der Waals surface area (Å²) in [4.78, 5) is 37.8. The monoisotopic (exact) mass is 497 g/mol. The van der Waals surface area contributed by atoms with Crippen LogP contribution >= 0.6 is 23.2 Å². The Kier molecular flexibility index (Phi) is 7.05. The molecule has 3 aromatic rings. The number of anilines is 2. The largest absolute Gasteiger partial charge is 0.480 e. The van der Waals surface area contributed by atoms with Crippen molar-refractivity contribution in [2.24, 2.45) is 0 Å². The molecule has 1 aliphatic rings. The number of nitrogens with zero attached hydrogens (tertiary/aromatic N) is 1. The van der Waals surface area contributed by atoms with Gasteiger partial charge in [-0.2, -0.15) is 0 Å². The summed E-state index contributed by atoms with van der Waals surface area (Å²) >= 11 is 11.9. The number of carboxylic acid groups (broad SMARTS) is 1. The first-order valence-corrected chi connectivity index (χ1v) is 11.3. The van der Waals surface area contributed by atoms with E-state index in [-0.39, 0.29) is 5.91 Å². The fourth-order valence-corrected chi connectivity index (χ4v) is 4.43. The maximum atomic E-state index is 12.7. The minimum Gasteiger partial charge on any atom is -0.480 e. The molecule has 0 radical (unpaired) electrons. The number of carboxylic acids is 1. The molecule has 1 saturated heterocycles. The normalized spacial score (nSPS) is 15.1. The zero-order valence-electron chi connectivity index (χ0n) is 17.9. The summed E-state index contributed by atoms with van der Waals surface area (Å²) < 4.78 is 0. The van der Waals surface area contributed by atoms with Crippen LogP contribution in [0, 0.1) is 0 Å². The third-order valence-corrected chi connectivity index (χ3v) is 5.96. The molecule has 1 aliphatic heterocycles. The van der Waals surface area contributed by atoms with E-state index >= 15 is 0 Å². The molecule has 1 heterocycles. The number of halogens is 2. The number of carbonyl (C=O) groups is 3. The van der Waals surface area contributed by atoms with Gasteiger partial charge >= 0.3 is 12.0 Å². The zero-order chi connectivity index (χ0) is 24.2. The molecule has 0 spiro atoms. The highest BCUT2D eigenvalue weighted by atomic mass is 35.5. The lowest BCUT2D eigenvalue weighted by molar-refractivity contribution is -0.141. The van der Waals surface area contributed by atoms with Crippen molar-refractivity contribution < 1.29 is 19.5 Å². The van der Waals surface area contributed by atoms with E-state index in [9.17, 15) is 19.5 Å². The first kappa shape index (κ1) is 23.6. The van der Waals surface area contributed by atoms with Gasteiger partial charge in [-0.1, -0.05) is 47.5 Å². The van der Waals surface area contributed by atoms with Gasteiger partial charge in [0.05, 0.1) is 0 Å². The molecule has 34 heavy (non-hydrogen) atoms. The smallest absolute Gasteiger partial charge is 0.326 e. The Morgan fingerprint density at radius 2 is 1.38 bits per heavy atom. The molecule has 3 amide bonds. The molecule has 0 bridgehead atoms. The number of nitrogens with one attached hydrogen (secondary N) is 2. The molecular formula is C25H21Cl2N3O4. The van der Waals surface area contributed by atoms with E-state index in [0.29, 0.717) is 46.4 Å². The molecule has 0 aliphatic carbocycles. The van der Waals surface area contributed by atoms with Gasteiger partial charge in [-0.05, 0) is 66.4 Å². The molecule has 0 aromatic heterocycles. The second-order valence-corrected chi connectivity index (χ2v) is 8.76. The number of carbonyl (C=O) groups excluding carboxylic acids is 2. The minimum absolute atomic E-state index is 0.275. The second-order valence-electron chi connectivity index (χ2n) is 7.89. The summed E-state index contributed by atoms with van der Waals surface area (Å²) in [6.45, 7) is 0.448. The molecule has 1 atom stereocenters. The van der Waals surface area contributed by atoms with Crippen molar-refractivity contribution in [3.05, 3.63) is 82.3 Å². The van der Waals surface area contributed by atoms with E-state index in [4.69, 9.17) is 23.2 Å². The second kappa shape index (κ2) is 10.2. The quantitative estimate of drug-likeness (QED) is 0.402. The minimum atomic E-state index is -0.971. The average Bonchev–Trinajstić information content (AvgIpc) is 3.29. The van der Waals surface area contributed by atoms with Gasteiger partial charge in [0.2, 0.25) is 0 Å². The topological polar surface area (TPSA) is 98.7 Å². The van der Waals surface area contributed by atoms with Gasteiger partial charge in [-0.15, -0.1) is 0 Å². The van der Waals surface area contributed by atoms with Crippen LogP contribution in [0.4, 0.5) is 16.2 Å². The van der Waals surface area contributed by atoms with Crippen molar-refractivity contribution in [2.75, 3.05) is 17.2 Å². The van der Waals surface area contributed by atoms with Crippen LogP contribution in [0.15, 0.2) is 66.7 Å². The van der Waals surface area contributed by atoms with Gasteiger partial charge in [0, 0.05) is 33.5 Å². The van der Waals surface area contributed by atoms with Crippen molar-refractivity contribution in [3.63, 3.8) is 0 Å². The average molecular weight is 498 g/mol. The third-order valence-electron chi connectivity index (χ3n) is 5.53. The van der Waals surface area contributed by atoms with E-state index in [0.717, 1.165) is 11.1 Å². The Bertz CT molecular complexity index is 1210. The third kappa shape index (κ3) is 5.50. The summed E-state index contributed by atoms with van der Waals surface area (Å²) in [5.41, 5.74) is 3.31. The van der Waals surface area contributed by atoms with Crippen LogP contribution in [0.2, 0.25) is 10.0 Å². The van der Waals surface area contributed by atoms with Crippen LogP contribution in [-0.4, -0.2) is 40.5 Å². The molecular weight excluding hydrogens is 477 g/mol.